The zero-order valence-corrected chi connectivity index (χ0v) is 8.71. The van der Waals surface area contributed by atoms with Crippen LogP contribution < -0.4 is 0 Å². The predicted octanol–water partition coefficient (Wildman–Crippen LogP) is 1.30. The van der Waals surface area contributed by atoms with Crippen molar-refractivity contribution in [3.63, 3.8) is 0 Å². The number of aliphatic hydroxyl groups excluding tert-OH is 1. The summed E-state index contributed by atoms with van der Waals surface area (Å²) in [5, 5.41) is 9.38. The smallest absolute Gasteiger partial charge is 0.162 e. The van der Waals surface area contributed by atoms with Crippen LogP contribution in [0, 0.1) is 0 Å². The van der Waals surface area contributed by atoms with Crippen LogP contribution in [0.5, 0.6) is 0 Å². The van der Waals surface area contributed by atoms with Crippen LogP contribution in [0.2, 0.25) is 0 Å². The summed E-state index contributed by atoms with van der Waals surface area (Å²) >= 11 is 2.08. The van der Waals surface area contributed by atoms with E-state index in [1.165, 1.54) is 6.92 Å². The van der Waals surface area contributed by atoms with Crippen molar-refractivity contribution in [2.75, 3.05) is 4.43 Å². The van der Waals surface area contributed by atoms with Crippen LogP contribution in [-0.4, -0.2) is 33.5 Å². The molecule has 1 N–H and O–H groups in total. The zero-order valence-electron chi connectivity index (χ0n) is 6.55. The van der Waals surface area contributed by atoms with E-state index in [-0.39, 0.29) is 6.10 Å². The van der Waals surface area contributed by atoms with Crippen molar-refractivity contribution in [2.45, 2.75) is 37.8 Å². The Kier molecular flexibility index (Phi) is 2.76. The average Bonchev–Trinajstić information content (AvgIpc) is 2.14. The minimum Gasteiger partial charge on any atom is -0.387 e. The minimum absolute atomic E-state index is 0.347. The van der Waals surface area contributed by atoms with Gasteiger partial charge in [0.15, 0.2) is 5.67 Å². The van der Waals surface area contributed by atoms with E-state index in [4.69, 9.17) is 4.74 Å². The normalized spacial score (nSPS) is 51.5. The highest BCUT2D eigenvalue weighted by Crippen LogP contribution is 2.34. The molecule has 4 atom stereocenters. The number of hydrogen-bond donors (Lipinski definition) is 1. The van der Waals surface area contributed by atoms with Crippen molar-refractivity contribution < 1.29 is 14.2 Å². The second kappa shape index (κ2) is 3.14. The molecule has 0 aromatic rings. The average molecular weight is 274 g/mol. The molecule has 0 spiro atoms. The Morgan fingerprint density at radius 2 is 2.27 bits per heavy atom. The van der Waals surface area contributed by atoms with Crippen LogP contribution in [0.15, 0.2) is 0 Å². The third kappa shape index (κ3) is 1.53. The van der Waals surface area contributed by atoms with Crippen LogP contribution in [0.4, 0.5) is 4.39 Å². The molecule has 66 valence electrons. The first-order valence-electron chi connectivity index (χ1n) is 3.58. The second-order valence-corrected chi connectivity index (χ2v) is 3.95. The highest BCUT2D eigenvalue weighted by molar-refractivity contribution is 14.1. The summed E-state index contributed by atoms with van der Waals surface area (Å²) in [6, 6.07) is 0. The van der Waals surface area contributed by atoms with E-state index in [1.807, 2.05) is 0 Å². The van der Waals surface area contributed by atoms with Gasteiger partial charge in [0.25, 0.3) is 0 Å². The van der Waals surface area contributed by atoms with Gasteiger partial charge in [0.1, 0.15) is 6.10 Å². The number of halogens is 2. The number of rotatable bonds is 1. The van der Waals surface area contributed by atoms with E-state index in [1.54, 1.807) is 6.92 Å². The third-order valence-corrected chi connectivity index (χ3v) is 3.12. The van der Waals surface area contributed by atoms with Crippen LogP contribution >= 0.6 is 22.6 Å². The van der Waals surface area contributed by atoms with Gasteiger partial charge in [-0.1, -0.05) is 22.6 Å². The summed E-state index contributed by atoms with van der Waals surface area (Å²) in [5.74, 6) is 0. The molecule has 4 heteroatoms. The fourth-order valence-corrected chi connectivity index (χ4v) is 1.88. The van der Waals surface area contributed by atoms with Crippen molar-refractivity contribution in [1.29, 1.82) is 0 Å². The van der Waals surface area contributed by atoms with Crippen molar-refractivity contribution in [2.24, 2.45) is 0 Å². The van der Waals surface area contributed by atoms with E-state index in [2.05, 4.69) is 22.6 Å². The lowest BCUT2D eigenvalue weighted by Gasteiger charge is -2.20. The third-order valence-electron chi connectivity index (χ3n) is 2.26. The fraction of sp³-hybridized carbons (Fsp3) is 1.00. The molecule has 1 rings (SSSR count). The second-order valence-electron chi connectivity index (χ2n) is 3.07. The summed E-state index contributed by atoms with van der Waals surface area (Å²) in [4.78, 5) is 0. The number of alkyl halides is 2. The van der Waals surface area contributed by atoms with E-state index in [0.29, 0.717) is 4.43 Å². The van der Waals surface area contributed by atoms with E-state index in [0.717, 1.165) is 0 Å². The lowest BCUT2D eigenvalue weighted by atomic mass is 9.96. The van der Waals surface area contributed by atoms with Gasteiger partial charge in [0, 0.05) is 4.43 Å². The van der Waals surface area contributed by atoms with Gasteiger partial charge in [-0.05, 0) is 13.8 Å². The monoisotopic (exact) mass is 274 g/mol. The highest BCUT2D eigenvalue weighted by Gasteiger charge is 2.51. The molecule has 0 aliphatic carbocycles. The van der Waals surface area contributed by atoms with Crippen LogP contribution in [0.25, 0.3) is 0 Å². The Balaban J connectivity index is 2.71. The van der Waals surface area contributed by atoms with Crippen LogP contribution in [0.3, 0.4) is 0 Å². The van der Waals surface area contributed by atoms with E-state index < -0.39 is 17.9 Å². The lowest BCUT2D eigenvalue weighted by molar-refractivity contribution is 0.0155. The number of hydrogen-bond acceptors (Lipinski definition) is 2. The van der Waals surface area contributed by atoms with Crippen molar-refractivity contribution >= 4 is 22.6 Å². The molecule has 0 aromatic carbocycles. The molecule has 0 amide bonds. The number of aliphatic hydroxyl groups is 1. The first-order valence-corrected chi connectivity index (χ1v) is 5.11. The molecule has 0 bridgehead atoms. The van der Waals surface area contributed by atoms with E-state index in [9.17, 15) is 9.50 Å². The summed E-state index contributed by atoms with van der Waals surface area (Å²) in [6.45, 7) is 3.03. The molecule has 11 heavy (non-hydrogen) atoms. The molecule has 0 radical (unpaired) electrons. The predicted molar refractivity (Wildman–Crippen MR) is 48.7 cm³/mol. The van der Waals surface area contributed by atoms with Gasteiger partial charge in [-0.3, -0.25) is 0 Å². The van der Waals surface area contributed by atoms with Crippen molar-refractivity contribution in [1.82, 2.24) is 0 Å². The molecule has 1 saturated heterocycles. The van der Waals surface area contributed by atoms with Gasteiger partial charge in [0.2, 0.25) is 0 Å². The molecule has 1 heterocycles. The van der Waals surface area contributed by atoms with Crippen molar-refractivity contribution in [3.8, 4) is 0 Å². The van der Waals surface area contributed by atoms with Gasteiger partial charge in [0.05, 0.1) is 12.2 Å². The van der Waals surface area contributed by atoms with E-state index >= 15 is 0 Å². The molecule has 1 fully saturated rings. The summed E-state index contributed by atoms with van der Waals surface area (Å²) in [7, 11) is 0. The summed E-state index contributed by atoms with van der Waals surface area (Å²) in [6.07, 6.45) is -1.83. The van der Waals surface area contributed by atoms with Gasteiger partial charge in [-0.2, -0.15) is 0 Å². The Hall–Kier alpha value is 0.580. The highest BCUT2D eigenvalue weighted by atomic mass is 127. The molecular weight excluding hydrogens is 262 g/mol. The van der Waals surface area contributed by atoms with Crippen LogP contribution in [0.1, 0.15) is 13.8 Å². The lowest BCUT2D eigenvalue weighted by Crippen LogP contribution is -2.40. The molecule has 1 aliphatic heterocycles. The minimum atomic E-state index is -1.59. The largest absolute Gasteiger partial charge is 0.387 e. The van der Waals surface area contributed by atoms with Crippen LogP contribution in [-0.2, 0) is 4.74 Å². The quantitative estimate of drug-likeness (QED) is 0.577. The van der Waals surface area contributed by atoms with Crippen molar-refractivity contribution in [3.05, 3.63) is 0 Å². The first-order chi connectivity index (χ1) is 5.00. The Morgan fingerprint density at radius 1 is 1.73 bits per heavy atom. The molecule has 0 aromatic heterocycles. The Bertz CT molecular complexity index is 151. The number of ether oxygens (including phenoxy) is 1. The molecule has 0 saturated carbocycles. The first kappa shape index (κ1) is 9.67. The van der Waals surface area contributed by atoms with Gasteiger partial charge in [-0.15, -0.1) is 0 Å². The Labute approximate surface area is 79.3 Å². The van der Waals surface area contributed by atoms with Gasteiger partial charge >= 0.3 is 0 Å². The molecule has 2 nitrogen and oxygen atoms in total. The molecule has 1 aliphatic rings. The Morgan fingerprint density at radius 3 is 2.45 bits per heavy atom. The SMILES string of the molecule is C[C@@H]1O[C@H](CI)C(O)C1(C)F. The van der Waals surface area contributed by atoms with Gasteiger partial charge in [-0.25, -0.2) is 4.39 Å². The fourth-order valence-electron chi connectivity index (χ4n) is 1.19. The molecular formula is C7H12FIO2. The summed E-state index contributed by atoms with van der Waals surface area (Å²) < 4.78 is 19.3. The maximum Gasteiger partial charge on any atom is 0.162 e. The van der Waals surface area contributed by atoms with Gasteiger partial charge < -0.3 is 9.84 Å². The topological polar surface area (TPSA) is 29.5 Å². The standard InChI is InChI=1S/C7H12FIO2/c1-4-7(2,8)6(10)5(3-9)11-4/h4-6,10H,3H2,1-2H3/t4-,5+,6?,7?/m0/s1. The maximum absolute atomic E-state index is 13.5. The molecule has 2 unspecified atom stereocenters. The zero-order chi connectivity index (χ0) is 8.65. The maximum atomic E-state index is 13.5. The summed E-state index contributed by atoms with van der Waals surface area (Å²) in [5.41, 5.74) is -1.59.